The van der Waals surface area contributed by atoms with Crippen LogP contribution in [0, 0.1) is 0 Å². The van der Waals surface area contributed by atoms with Gasteiger partial charge in [0.2, 0.25) is 0 Å². The van der Waals surface area contributed by atoms with Crippen molar-refractivity contribution in [3.8, 4) is 0 Å². The third kappa shape index (κ3) is 4.28. The molecule has 0 bridgehead atoms. The number of hydrogen-bond donors (Lipinski definition) is 1. The van der Waals surface area contributed by atoms with Crippen LogP contribution >= 0.6 is 0 Å². The summed E-state index contributed by atoms with van der Waals surface area (Å²) < 4.78 is 89.2. The van der Waals surface area contributed by atoms with E-state index in [1.807, 2.05) is 0 Å². The van der Waals surface area contributed by atoms with Crippen LogP contribution in [0.3, 0.4) is 0 Å². The molecule has 0 heterocycles. The number of rotatable bonds is 2. The van der Waals surface area contributed by atoms with Crippen LogP contribution in [0.15, 0.2) is 0 Å². The van der Waals surface area contributed by atoms with Crippen molar-refractivity contribution in [1.29, 1.82) is 0 Å². The van der Waals surface area contributed by atoms with E-state index in [-0.39, 0.29) is 5.48 Å². The lowest BCUT2D eigenvalue weighted by atomic mass is 11.2. The van der Waals surface area contributed by atoms with Crippen LogP contribution in [0.5, 0.6) is 0 Å². The SMILES string of the molecule is O=S(=O)(ONC(F)(F)F)C(F)(F)F. The zero-order valence-corrected chi connectivity index (χ0v) is 6.22. The minimum atomic E-state index is -6.26. The van der Waals surface area contributed by atoms with Crippen molar-refractivity contribution in [1.82, 2.24) is 5.48 Å². The molecule has 13 heavy (non-hydrogen) atoms. The maximum absolute atomic E-state index is 11.3. The molecule has 11 heteroatoms. The highest BCUT2D eigenvalue weighted by Gasteiger charge is 2.49. The van der Waals surface area contributed by atoms with Gasteiger partial charge in [-0.05, 0) is 0 Å². The molecule has 0 amide bonds. The van der Waals surface area contributed by atoms with Crippen molar-refractivity contribution < 1.29 is 39.0 Å². The summed E-state index contributed by atoms with van der Waals surface area (Å²) in [6.07, 6.45) is -5.38. The first kappa shape index (κ1) is 12.4. The van der Waals surface area contributed by atoms with E-state index in [0.717, 1.165) is 0 Å². The molecule has 0 aromatic heterocycles. The molecule has 0 aromatic rings. The Balaban J connectivity index is 4.40. The first-order chi connectivity index (χ1) is 5.46. The number of halogens is 6. The van der Waals surface area contributed by atoms with Gasteiger partial charge in [0.25, 0.3) is 0 Å². The van der Waals surface area contributed by atoms with Crippen molar-refractivity contribution >= 4 is 10.1 Å². The van der Waals surface area contributed by atoms with Crippen LogP contribution in [0.4, 0.5) is 26.3 Å². The molecule has 0 fully saturated rings. The minimum Gasteiger partial charge on any atom is -0.188 e. The summed E-state index contributed by atoms with van der Waals surface area (Å²) in [6.45, 7) is 0. The lowest BCUT2D eigenvalue weighted by molar-refractivity contribution is -0.212. The van der Waals surface area contributed by atoms with Gasteiger partial charge in [0.05, 0.1) is 0 Å². The van der Waals surface area contributed by atoms with Gasteiger partial charge in [-0.3, -0.25) is 0 Å². The van der Waals surface area contributed by atoms with Gasteiger partial charge in [0.1, 0.15) is 0 Å². The van der Waals surface area contributed by atoms with E-state index in [4.69, 9.17) is 0 Å². The highest BCUT2D eigenvalue weighted by atomic mass is 32.2. The van der Waals surface area contributed by atoms with Crippen LogP contribution in [0.25, 0.3) is 0 Å². The molecule has 0 unspecified atom stereocenters. The Kier molecular flexibility index (Phi) is 3.17. The molecule has 80 valence electrons. The minimum absolute atomic E-state index is 0.239. The van der Waals surface area contributed by atoms with E-state index in [9.17, 15) is 34.8 Å². The average Bonchev–Trinajstić information content (AvgIpc) is 1.79. The second-order valence-corrected chi connectivity index (χ2v) is 3.12. The normalized spacial score (nSPS) is 14.6. The van der Waals surface area contributed by atoms with E-state index in [1.165, 1.54) is 0 Å². The lowest BCUT2D eigenvalue weighted by Crippen LogP contribution is -2.38. The van der Waals surface area contributed by atoms with Crippen LogP contribution in [0.1, 0.15) is 0 Å². The second-order valence-electron chi connectivity index (χ2n) is 1.58. The smallest absolute Gasteiger partial charge is 0.188 e. The predicted octanol–water partition coefficient (Wildman–Crippen LogP) is 0.877. The van der Waals surface area contributed by atoms with Gasteiger partial charge in [-0.1, -0.05) is 5.48 Å². The van der Waals surface area contributed by atoms with Crippen molar-refractivity contribution in [3.63, 3.8) is 0 Å². The average molecular weight is 233 g/mol. The Morgan fingerprint density at radius 2 is 1.38 bits per heavy atom. The van der Waals surface area contributed by atoms with E-state index < -0.39 is 21.9 Å². The number of alkyl halides is 6. The lowest BCUT2D eigenvalue weighted by Gasteiger charge is -2.10. The second kappa shape index (κ2) is 3.31. The fourth-order valence-corrected chi connectivity index (χ4v) is 0.448. The summed E-state index contributed by atoms with van der Waals surface area (Å²) in [5.74, 6) is 0. The van der Waals surface area contributed by atoms with E-state index >= 15 is 0 Å². The largest absolute Gasteiger partial charge is 0.524 e. The number of hydrogen-bond acceptors (Lipinski definition) is 4. The van der Waals surface area contributed by atoms with Gasteiger partial charge in [0.15, 0.2) is 0 Å². The third-order valence-electron chi connectivity index (χ3n) is 0.551. The van der Waals surface area contributed by atoms with Crippen molar-refractivity contribution in [2.45, 2.75) is 11.8 Å². The molecule has 0 atom stereocenters. The number of nitrogens with one attached hydrogen (secondary N) is 1. The highest BCUT2D eigenvalue weighted by molar-refractivity contribution is 7.87. The van der Waals surface area contributed by atoms with Crippen molar-refractivity contribution in [2.75, 3.05) is 0 Å². The van der Waals surface area contributed by atoms with Gasteiger partial charge in [-0.15, -0.1) is 0 Å². The standard InChI is InChI=1S/C2HF6NO3S/c3-1(4,5)9-12-13(10,11)2(6,7)8/h9H. The zero-order chi connectivity index (χ0) is 10.9. The molecule has 0 radical (unpaired) electrons. The maximum Gasteiger partial charge on any atom is 0.524 e. The summed E-state index contributed by atoms with van der Waals surface area (Å²) in [7, 11) is -6.26. The molecule has 0 aliphatic carbocycles. The molecule has 0 rings (SSSR count). The van der Waals surface area contributed by atoms with Crippen molar-refractivity contribution in [3.05, 3.63) is 0 Å². The monoisotopic (exact) mass is 233 g/mol. The fourth-order valence-electron chi connectivity index (χ4n) is 0.149. The Morgan fingerprint density at radius 3 is 1.62 bits per heavy atom. The van der Waals surface area contributed by atoms with Crippen LogP contribution in [0.2, 0.25) is 0 Å². The first-order valence-corrected chi connectivity index (χ1v) is 3.70. The molecule has 0 aliphatic rings. The highest BCUT2D eigenvalue weighted by Crippen LogP contribution is 2.24. The Hall–Kier alpha value is -0.550. The summed E-state index contributed by atoms with van der Waals surface area (Å²) >= 11 is 0. The summed E-state index contributed by atoms with van der Waals surface area (Å²) in [5, 5.41) is 0. The van der Waals surface area contributed by atoms with E-state index in [0.29, 0.717) is 0 Å². The Bertz CT molecular complexity index is 263. The van der Waals surface area contributed by atoms with Crippen molar-refractivity contribution in [2.24, 2.45) is 0 Å². The molecule has 4 nitrogen and oxygen atoms in total. The maximum atomic E-state index is 11.3. The first-order valence-electron chi connectivity index (χ1n) is 2.29. The van der Waals surface area contributed by atoms with Gasteiger partial charge in [-0.25, -0.2) is 0 Å². The summed E-state index contributed by atoms with van der Waals surface area (Å²) in [6, 6.07) is 0. The van der Waals surface area contributed by atoms with Crippen LogP contribution < -0.4 is 5.48 Å². The van der Waals surface area contributed by atoms with Gasteiger partial charge in [-0.2, -0.15) is 39.0 Å². The predicted molar refractivity (Wildman–Crippen MR) is 25.3 cm³/mol. The summed E-state index contributed by atoms with van der Waals surface area (Å²) in [4.78, 5) is 0. The molecule has 0 saturated heterocycles. The quantitative estimate of drug-likeness (QED) is 0.333. The molecular weight excluding hydrogens is 232 g/mol. The molecule has 0 aromatic carbocycles. The fraction of sp³-hybridized carbons (Fsp3) is 1.00. The molecule has 1 N–H and O–H groups in total. The Labute approximate surface area is 67.5 Å². The molecular formula is C2HF6NO3S. The van der Waals surface area contributed by atoms with E-state index in [1.54, 1.807) is 0 Å². The molecule has 0 saturated carbocycles. The number of hydroxylamine groups is 1. The zero-order valence-electron chi connectivity index (χ0n) is 5.40. The third-order valence-corrected chi connectivity index (χ3v) is 1.42. The Morgan fingerprint density at radius 1 is 1.00 bits per heavy atom. The van der Waals surface area contributed by atoms with Gasteiger partial charge >= 0.3 is 21.9 Å². The van der Waals surface area contributed by atoms with Crippen LogP contribution in [-0.2, 0) is 14.4 Å². The summed E-state index contributed by atoms with van der Waals surface area (Å²) in [5.41, 5.74) is -6.14. The van der Waals surface area contributed by atoms with Crippen LogP contribution in [-0.4, -0.2) is 20.2 Å². The van der Waals surface area contributed by atoms with E-state index in [2.05, 4.69) is 4.28 Å². The van der Waals surface area contributed by atoms with Gasteiger partial charge < -0.3 is 0 Å². The topological polar surface area (TPSA) is 55.4 Å². The van der Waals surface area contributed by atoms with Gasteiger partial charge in [0, 0.05) is 0 Å². The molecule has 0 aliphatic heterocycles. The molecule has 0 spiro atoms.